The first-order chi connectivity index (χ1) is 16.1. The largest absolute Gasteiger partial charge is 0.467 e. The van der Waals surface area contributed by atoms with Gasteiger partial charge in [0, 0.05) is 18.5 Å². The highest BCUT2D eigenvalue weighted by Crippen LogP contribution is 2.17. The summed E-state index contributed by atoms with van der Waals surface area (Å²) >= 11 is 0. The van der Waals surface area contributed by atoms with Crippen LogP contribution in [0, 0.1) is 0 Å². The van der Waals surface area contributed by atoms with E-state index in [9.17, 15) is 14.4 Å². The number of benzene rings is 3. The quantitative estimate of drug-likeness (QED) is 0.508. The maximum atomic E-state index is 12.9. The average Bonchev–Trinajstić information content (AvgIpc) is 2.80. The number of carbonyl (C=O) groups is 3. The standard InChI is InChI=1S/C27H30N2O5/c1-27(2,3)34-26(32)28-17-19-8-7-11-22(15-19)24(30)29-23(25(31)33-4)16-18-12-13-20-9-5-6-10-21(20)14-18/h5-15,23H,16-17H2,1-4H3,(H,28,32)(H,29,30)/t23-/m1/s1. The first-order valence-electron chi connectivity index (χ1n) is 11.1. The molecule has 0 bridgehead atoms. The van der Waals surface area contributed by atoms with E-state index in [1.807, 2.05) is 42.5 Å². The minimum atomic E-state index is -0.845. The summed E-state index contributed by atoms with van der Waals surface area (Å²) < 4.78 is 10.2. The van der Waals surface area contributed by atoms with Crippen LogP contribution >= 0.6 is 0 Å². The van der Waals surface area contributed by atoms with E-state index in [1.165, 1.54) is 7.11 Å². The van der Waals surface area contributed by atoms with E-state index >= 15 is 0 Å². The van der Waals surface area contributed by atoms with Crippen molar-refractivity contribution in [3.8, 4) is 0 Å². The molecule has 0 radical (unpaired) electrons. The highest BCUT2D eigenvalue weighted by molar-refractivity contribution is 5.97. The van der Waals surface area contributed by atoms with Gasteiger partial charge in [-0.25, -0.2) is 9.59 Å². The summed E-state index contributed by atoms with van der Waals surface area (Å²) in [7, 11) is 1.30. The maximum Gasteiger partial charge on any atom is 0.407 e. The molecule has 0 saturated carbocycles. The highest BCUT2D eigenvalue weighted by Gasteiger charge is 2.23. The number of hydrogen-bond acceptors (Lipinski definition) is 5. The van der Waals surface area contributed by atoms with Crippen molar-refractivity contribution < 1.29 is 23.9 Å². The average molecular weight is 463 g/mol. The van der Waals surface area contributed by atoms with Crippen LogP contribution in [0.15, 0.2) is 66.7 Å². The highest BCUT2D eigenvalue weighted by atomic mass is 16.6. The number of esters is 1. The summed E-state index contributed by atoms with van der Waals surface area (Å²) in [4.78, 5) is 37.2. The van der Waals surface area contributed by atoms with Gasteiger partial charge in [0.05, 0.1) is 7.11 Å². The van der Waals surface area contributed by atoms with Gasteiger partial charge in [-0.1, -0.05) is 54.6 Å². The lowest BCUT2D eigenvalue weighted by Crippen LogP contribution is -2.43. The topological polar surface area (TPSA) is 93.7 Å². The van der Waals surface area contributed by atoms with Crippen molar-refractivity contribution in [1.82, 2.24) is 10.6 Å². The number of rotatable bonds is 7. The van der Waals surface area contributed by atoms with Crippen molar-refractivity contribution in [3.63, 3.8) is 0 Å². The molecule has 0 fully saturated rings. The van der Waals surface area contributed by atoms with Crippen molar-refractivity contribution >= 4 is 28.7 Å². The Morgan fingerprint density at radius 1 is 0.882 bits per heavy atom. The molecule has 0 aliphatic rings. The molecular formula is C27H30N2O5. The molecule has 3 aromatic carbocycles. The van der Waals surface area contributed by atoms with E-state index in [-0.39, 0.29) is 6.54 Å². The first kappa shape index (κ1) is 24.8. The van der Waals surface area contributed by atoms with Gasteiger partial charge in [0.2, 0.25) is 0 Å². The zero-order valence-corrected chi connectivity index (χ0v) is 19.9. The summed E-state index contributed by atoms with van der Waals surface area (Å²) in [5.41, 5.74) is 1.41. The van der Waals surface area contributed by atoms with Crippen LogP contribution in [-0.4, -0.2) is 36.7 Å². The summed E-state index contributed by atoms with van der Waals surface area (Å²) in [5.74, 6) is -0.931. The zero-order valence-electron chi connectivity index (χ0n) is 19.9. The Bertz CT molecular complexity index is 1180. The molecule has 34 heavy (non-hydrogen) atoms. The molecule has 0 unspecified atom stereocenters. The summed E-state index contributed by atoms with van der Waals surface area (Å²) in [5, 5.41) is 7.60. The number of ether oxygens (including phenoxy) is 2. The van der Waals surface area contributed by atoms with Crippen LogP contribution in [0.2, 0.25) is 0 Å². The van der Waals surface area contributed by atoms with Gasteiger partial charge in [-0.2, -0.15) is 0 Å². The van der Waals surface area contributed by atoms with Crippen LogP contribution < -0.4 is 10.6 Å². The van der Waals surface area contributed by atoms with Crippen LogP contribution in [0.25, 0.3) is 10.8 Å². The summed E-state index contributed by atoms with van der Waals surface area (Å²) in [6.07, 6.45) is -0.244. The lowest BCUT2D eigenvalue weighted by atomic mass is 10.0. The molecule has 0 aliphatic heterocycles. The number of nitrogens with one attached hydrogen (secondary N) is 2. The van der Waals surface area contributed by atoms with Gasteiger partial charge in [0.25, 0.3) is 5.91 Å². The third-order valence-electron chi connectivity index (χ3n) is 5.07. The molecule has 0 heterocycles. The van der Waals surface area contributed by atoms with Crippen LogP contribution in [0.3, 0.4) is 0 Å². The predicted octanol–water partition coefficient (Wildman–Crippen LogP) is 4.38. The SMILES string of the molecule is COC(=O)[C@@H](Cc1ccc2ccccc2c1)NC(=O)c1cccc(CNC(=O)OC(C)(C)C)c1. The normalized spacial score (nSPS) is 12.0. The number of amides is 2. The van der Waals surface area contributed by atoms with Gasteiger partial charge in [0.15, 0.2) is 0 Å². The summed E-state index contributed by atoms with van der Waals surface area (Å²) in [6, 6.07) is 19.8. The second kappa shape index (κ2) is 10.8. The van der Waals surface area contributed by atoms with E-state index in [0.717, 1.165) is 21.9 Å². The number of fused-ring (bicyclic) bond motifs is 1. The van der Waals surface area contributed by atoms with Gasteiger partial charge in [-0.15, -0.1) is 0 Å². The third-order valence-corrected chi connectivity index (χ3v) is 5.07. The van der Waals surface area contributed by atoms with Crippen LogP contribution in [0.4, 0.5) is 4.79 Å². The van der Waals surface area contributed by atoms with Crippen molar-refractivity contribution in [2.75, 3.05) is 7.11 Å². The minimum Gasteiger partial charge on any atom is -0.467 e. The maximum absolute atomic E-state index is 12.9. The third kappa shape index (κ3) is 7.07. The summed E-state index contributed by atoms with van der Waals surface area (Å²) in [6.45, 7) is 5.56. The Morgan fingerprint density at radius 3 is 2.32 bits per heavy atom. The van der Waals surface area contributed by atoms with Crippen LogP contribution in [0.5, 0.6) is 0 Å². The Hall–Kier alpha value is -3.87. The lowest BCUT2D eigenvalue weighted by molar-refractivity contribution is -0.142. The molecule has 2 N–H and O–H groups in total. The Labute approximate surface area is 199 Å². The van der Waals surface area contributed by atoms with Crippen LogP contribution in [-0.2, 0) is 27.2 Å². The van der Waals surface area contributed by atoms with E-state index in [1.54, 1.807) is 45.0 Å². The molecular weight excluding hydrogens is 432 g/mol. The second-order valence-electron chi connectivity index (χ2n) is 8.99. The van der Waals surface area contributed by atoms with Crippen molar-refractivity contribution in [3.05, 3.63) is 83.4 Å². The predicted molar refractivity (Wildman–Crippen MR) is 130 cm³/mol. The number of carbonyl (C=O) groups excluding carboxylic acids is 3. The monoisotopic (exact) mass is 462 g/mol. The fraction of sp³-hybridized carbons (Fsp3) is 0.296. The van der Waals surface area contributed by atoms with Crippen molar-refractivity contribution in [1.29, 1.82) is 0 Å². The molecule has 0 spiro atoms. The lowest BCUT2D eigenvalue weighted by Gasteiger charge is -2.20. The molecule has 178 valence electrons. The zero-order chi connectivity index (χ0) is 24.7. The Morgan fingerprint density at radius 2 is 1.62 bits per heavy atom. The van der Waals surface area contributed by atoms with Gasteiger partial charge in [-0.05, 0) is 54.8 Å². The van der Waals surface area contributed by atoms with Crippen molar-refractivity contribution in [2.24, 2.45) is 0 Å². The Kier molecular flexibility index (Phi) is 7.89. The van der Waals surface area contributed by atoms with Gasteiger partial charge < -0.3 is 20.1 Å². The van der Waals surface area contributed by atoms with Gasteiger partial charge in [-0.3, -0.25) is 4.79 Å². The molecule has 3 aromatic rings. The molecule has 1 atom stereocenters. The molecule has 2 amide bonds. The number of alkyl carbamates (subject to hydrolysis) is 1. The van der Waals surface area contributed by atoms with Crippen LogP contribution in [0.1, 0.15) is 42.3 Å². The van der Waals surface area contributed by atoms with E-state index in [0.29, 0.717) is 12.0 Å². The second-order valence-corrected chi connectivity index (χ2v) is 8.99. The fourth-order valence-electron chi connectivity index (χ4n) is 3.49. The van der Waals surface area contributed by atoms with Gasteiger partial charge >= 0.3 is 12.1 Å². The van der Waals surface area contributed by atoms with Gasteiger partial charge in [0.1, 0.15) is 11.6 Å². The molecule has 7 nitrogen and oxygen atoms in total. The molecule has 0 aromatic heterocycles. The molecule has 3 rings (SSSR count). The molecule has 7 heteroatoms. The minimum absolute atomic E-state index is 0.202. The number of methoxy groups -OCH3 is 1. The van der Waals surface area contributed by atoms with E-state index in [4.69, 9.17) is 9.47 Å². The molecule has 0 aliphatic carbocycles. The fourth-order valence-corrected chi connectivity index (χ4v) is 3.49. The van der Waals surface area contributed by atoms with E-state index < -0.39 is 29.6 Å². The first-order valence-corrected chi connectivity index (χ1v) is 11.1. The number of hydrogen-bond donors (Lipinski definition) is 2. The van der Waals surface area contributed by atoms with Crippen molar-refractivity contribution in [2.45, 2.75) is 45.4 Å². The molecule has 0 saturated heterocycles. The van der Waals surface area contributed by atoms with E-state index in [2.05, 4.69) is 10.6 Å². The smallest absolute Gasteiger partial charge is 0.407 e. The Balaban J connectivity index is 1.68.